The average Bonchev–Trinajstić information content (AvgIpc) is 2.03. The fourth-order valence-electron chi connectivity index (χ4n) is 1.67. The van der Waals surface area contributed by atoms with Crippen molar-refractivity contribution in [3.05, 3.63) is 0 Å². The van der Waals surface area contributed by atoms with E-state index in [4.69, 9.17) is 4.74 Å². The van der Waals surface area contributed by atoms with Gasteiger partial charge in [-0.2, -0.15) is 0 Å². The van der Waals surface area contributed by atoms with E-state index in [0.717, 1.165) is 19.8 Å². The first-order valence-electron chi connectivity index (χ1n) is 5.08. The van der Waals surface area contributed by atoms with Crippen LogP contribution in [-0.2, 0) is 4.74 Å². The second-order valence-corrected chi connectivity index (χ2v) is 4.51. The Labute approximate surface area is 82.9 Å². The maximum absolute atomic E-state index is 5.57. The normalized spacial score (nSPS) is 30.0. The number of morpholine rings is 1. The molecule has 1 N–H and O–H groups in total. The zero-order valence-electron chi connectivity index (χ0n) is 9.21. The number of ether oxygens (including phenoxy) is 1. The average molecular weight is 188 g/mol. The molecule has 0 aromatic rings. The van der Waals surface area contributed by atoms with Gasteiger partial charge in [0, 0.05) is 20.1 Å². The van der Waals surface area contributed by atoms with E-state index in [1.54, 1.807) is 0 Å². The van der Waals surface area contributed by atoms with Crippen LogP contribution in [0.5, 0.6) is 0 Å². The molecular weight excluding hydrogens is 164 g/mol. The molecule has 1 fully saturated rings. The van der Waals surface area contributed by atoms with Crippen LogP contribution < -0.4 is 5.32 Å². The van der Waals surface area contributed by atoms with Crippen LogP contribution in [0.3, 0.4) is 0 Å². The maximum atomic E-state index is 5.57. The SMILES string of the molecule is CC(C)C1COCC(CN(C)C)N1.[HH]. The second-order valence-electron chi connectivity index (χ2n) is 4.51. The Balaban J connectivity index is 0.00000169. The lowest BCUT2D eigenvalue weighted by atomic mass is 10.0. The van der Waals surface area contributed by atoms with Gasteiger partial charge in [-0.05, 0) is 20.0 Å². The summed E-state index contributed by atoms with van der Waals surface area (Å²) >= 11 is 0. The van der Waals surface area contributed by atoms with E-state index in [0.29, 0.717) is 18.0 Å². The minimum atomic E-state index is 0. The van der Waals surface area contributed by atoms with Crippen molar-refractivity contribution in [2.24, 2.45) is 5.92 Å². The predicted molar refractivity (Wildman–Crippen MR) is 57.0 cm³/mol. The third-order valence-electron chi connectivity index (χ3n) is 2.46. The summed E-state index contributed by atoms with van der Waals surface area (Å²) in [5.41, 5.74) is 0. The molecule has 3 heteroatoms. The summed E-state index contributed by atoms with van der Waals surface area (Å²) in [6.45, 7) is 7.24. The van der Waals surface area contributed by atoms with Crippen molar-refractivity contribution < 1.29 is 6.16 Å². The van der Waals surface area contributed by atoms with Gasteiger partial charge in [-0.3, -0.25) is 0 Å². The summed E-state index contributed by atoms with van der Waals surface area (Å²) in [7, 11) is 4.20. The fraction of sp³-hybridized carbons (Fsp3) is 1.00. The number of hydrogen-bond acceptors (Lipinski definition) is 3. The Kier molecular flexibility index (Phi) is 4.16. The predicted octanol–water partition coefficient (Wildman–Crippen LogP) is 0.807. The van der Waals surface area contributed by atoms with Gasteiger partial charge in [-0.15, -0.1) is 0 Å². The van der Waals surface area contributed by atoms with Gasteiger partial charge in [0.15, 0.2) is 0 Å². The number of rotatable bonds is 3. The van der Waals surface area contributed by atoms with Crippen molar-refractivity contribution in [1.82, 2.24) is 10.2 Å². The Hall–Kier alpha value is -0.120. The fourth-order valence-corrected chi connectivity index (χ4v) is 1.67. The molecule has 80 valence electrons. The molecule has 1 aliphatic rings. The Morgan fingerprint density at radius 1 is 1.46 bits per heavy atom. The van der Waals surface area contributed by atoms with Crippen molar-refractivity contribution in [2.75, 3.05) is 33.9 Å². The van der Waals surface area contributed by atoms with Gasteiger partial charge in [0.2, 0.25) is 0 Å². The van der Waals surface area contributed by atoms with Crippen LogP contribution in [-0.4, -0.2) is 50.8 Å². The van der Waals surface area contributed by atoms with E-state index in [9.17, 15) is 0 Å². The minimum Gasteiger partial charge on any atom is -0.378 e. The number of nitrogens with one attached hydrogen (secondary N) is 1. The van der Waals surface area contributed by atoms with Crippen LogP contribution in [0, 0.1) is 5.92 Å². The molecule has 2 unspecified atom stereocenters. The summed E-state index contributed by atoms with van der Waals surface area (Å²) in [6, 6.07) is 1.02. The van der Waals surface area contributed by atoms with E-state index in [1.807, 2.05) is 0 Å². The standard InChI is InChI=1S/C10H22N2O.H2/c1-8(2)10-7-13-6-9(11-10)5-12(3)4;/h8-11H,5-7H2,1-4H3;1H. The van der Waals surface area contributed by atoms with Crippen LogP contribution in [0.15, 0.2) is 0 Å². The van der Waals surface area contributed by atoms with Crippen LogP contribution in [0.25, 0.3) is 0 Å². The summed E-state index contributed by atoms with van der Waals surface area (Å²) in [5, 5.41) is 3.62. The molecule has 3 nitrogen and oxygen atoms in total. The molecular formula is C10H24N2O. The largest absolute Gasteiger partial charge is 0.378 e. The van der Waals surface area contributed by atoms with Crippen LogP contribution in [0.4, 0.5) is 0 Å². The van der Waals surface area contributed by atoms with E-state index in [-0.39, 0.29) is 1.43 Å². The Morgan fingerprint density at radius 3 is 2.69 bits per heavy atom. The minimum absolute atomic E-state index is 0. The monoisotopic (exact) mass is 188 g/mol. The van der Waals surface area contributed by atoms with Gasteiger partial charge in [-0.25, -0.2) is 0 Å². The topological polar surface area (TPSA) is 24.5 Å². The molecule has 0 spiro atoms. The summed E-state index contributed by atoms with van der Waals surface area (Å²) < 4.78 is 5.57. The molecule has 0 aromatic heterocycles. The number of likely N-dealkylation sites (N-methyl/N-ethyl adjacent to an activating group) is 1. The quantitative estimate of drug-likeness (QED) is 0.709. The zero-order chi connectivity index (χ0) is 9.84. The molecule has 13 heavy (non-hydrogen) atoms. The third kappa shape index (κ3) is 3.63. The molecule has 0 saturated carbocycles. The number of nitrogens with zero attached hydrogens (tertiary/aromatic N) is 1. The molecule has 1 saturated heterocycles. The molecule has 0 aliphatic carbocycles. The summed E-state index contributed by atoms with van der Waals surface area (Å²) in [4.78, 5) is 2.20. The van der Waals surface area contributed by atoms with E-state index in [1.165, 1.54) is 0 Å². The zero-order valence-corrected chi connectivity index (χ0v) is 9.21. The Bertz CT molecular complexity index is 153. The van der Waals surface area contributed by atoms with E-state index >= 15 is 0 Å². The molecule has 1 heterocycles. The lowest BCUT2D eigenvalue weighted by Gasteiger charge is -2.34. The highest BCUT2D eigenvalue weighted by Gasteiger charge is 2.23. The van der Waals surface area contributed by atoms with Gasteiger partial charge < -0.3 is 15.0 Å². The number of hydrogen-bond donors (Lipinski definition) is 1. The summed E-state index contributed by atoms with van der Waals surface area (Å²) in [5.74, 6) is 0.657. The highest BCUT2D eigenvalue weighted by molar-refractivity contribution is 4.81. The first-order valence-corrected chi connectivity index (χ1v) is 5.08. The van der Waals surface area contributed by atoms with Gasteiger partial charge in [0.05, 0.1) is 13.2 Å². The molecule has 0 amide bonds. The van der Waals surface area contributed by atoms with Crippen molar-refractivity contribution in [3.63, 3.8) is 0 Å². The highest BCUT2D eigenvalue weighted by Crippen LogP contribution is 2.08. The second kappa shape index (κ2) is 4.94. The van der Waals surface area contributed by atoms with Crippen molar-refractivity contribution >= 4 is 0 Å². The third-order valence-corrected chi connectivity index (χ3v) is 2.46. The lowest BCUT2D eigenvalue weighted by molar-refractivity contribution is 0.0252. The molecule has 0 aromatic carbocycles. The van der Waals surface area contributed by atoms with Gasteiger partial charge >= 0.3 is 0 Å². The lowest BCUT2D eigenvalue weighted by Crippen LogP contribution is -2.54. The van der Waals surface area contributed by atoms with Gasteiger partial charge in [0.25, 0.3) is 0 Å². The Morgan fingerprint density at radius 2 is 2.15 bits per heavy atom. The van der Waals surface area contributed by atoms with Crippen LogP contribution in [0.1, 0.15) is 15.3 Å². The molecule has 2 atom stereocenters. The maximum Gasteiger partial charge on any atom is 0.0633 e. The van der Waals surface area contributed by atoms with E-state index in [2.05, 4.69) is 38.2 Å². The first-order chi connectivity index (χ1) is 6.09. The van der Waals surface area contributed by atoms with Crippen molar-refractivity contribution in [3.8, 4) is 0 Å². The molecule has 1 aliphatic heterocycles. The van der Waals surface area contributed by atoms with Gasteiger partial charge in [-0.1, -0.05) is 13.8 Å². The smallest absolute Gasteiger partial charge is 0.0633 e. The van der Waals surface area contributed by atoms with Crippen molar-refractivity contribution in [2.45, 2.75) is 25.9 Å². The van der Waals surface area contributed by atoms with Crippen LogP contribution in [0.2, 0.25) is 0 Å². The van der Waals surface area contributed by atoms with Gasteiger partial charge in [0.1, 0.15) is 0 Å². The molecule has 0 radical (unpaired) electrons. The first kappa shape index (κ1) is 11.0. The summed E-state index contributed by atoms with van der Waals surface area (Å²) in [6.07, 6.45) is 0. The van der Waals surface area contributed by atoms with E-state index < -0.39 is 0 Å². The van der Waals surface area contributed by atoms with Crippen molar-refractivity contribution in [1.29, 1.82) is 0 Å². The van der Waals surface area contributed by atoms with Crippen LogP contribution >= 0.6 is 0 Å². The molecule has 1 rings (SSSR count). The highest BCUT2D eigenvalue weighted by atomic mass is 16.5. The molecule has 0 bridgehead atoms.